The SMILES string of the molecule is Cc1coc(CC(=O)O)c1C(=O)NC(C)Cc1ccc(C(C)C)cc1. The van der Waals surface area contributed by atoms with E-state index < -0.39 is 5.97 Å². The van der Waals surface area contributed by atoms with Crippen LogP contribution < -0.4 is 5.32 Å². The fraction of sp³-hybridized carbons (Fsp3) is 0.400. The van der Waals surface area contributed by atoms with Gasteiger partial charge in [-0.3, -0.25) is 9.59 Å². The van der Waals surface area contributed by atoms with Crippen LogP contribution in [0.25, 0.3) is 0 Å². The minimum absolute atomic E-state index is 0.0793. The highest BCUT2D eigenvalue weighted by atomic mass is 16.4. The Morgan fingerprint density at radius 3 is 2.36 bits per heavy atom. The average molecular weight is 343 g/mol. The molecule has 1 heterocycles. The zero-order valence-corrected chi connectivity index (χ0v) is 15.1. The van der Waals surface area contributed by atoms with Crippen molar-refractivity contribution in [1.29, 1.82) is 0 Å². The number of aliphatic carboxylic acids is 1. The Hall–Kier alpha value is -2.56. The van der Waals surface area contributed by atoms with Crippen molar-refractivity contribution in [3.05, 3.63) is 58.5 Å². The molecule has 25 heavy (non-hydrogen) atoms. The third-order valence-corrected chi connectivity index (χ3v) is 4.16. The molecule has 5 heteroatoms. The topological polar surface area (TPSA) is 79.5 Å². The highest BCUT2D eigenvalue weighted by Gasteiger charge is 2.21. The van der Waals surface area contributed by atoms with Crippen LogP contribution in [-0.2, 0) is 17.6 Å². The molecule has 134 valence electrons. The molecule has 0 saturated carbocycles. The lowest BCUT2D eigenvalue weighted by Gasteiger charge is -2.15. The minimum Gasteiger partial charge on any atom is -0.481 e. The summed E-state index contributed by atoms with van der Waals surface area (Å²) in [7, 11) is 0. The Morgan fingerprint density at radius 1 is 1.16 bits per heavy atom. The van der Waals surface area contributed by atoms with Gasteiger partial charge in [-0.1, -0.05) is 38.1 Å². The molecular weight excluding hydrogens is 318 g/mol. The van der Waals surface area contributed by atoms with Crippen LogP contribution in [-0.4, -0.2) is 23.0 Å². The maximum atomic E-state index is 12.5. The summed E-state index contributed by atoms with van der Waals surface area (Å²) >= 11 is 0. The van der Waals surface area contributed by atoms with Gasteiger partial charge in [0, 0.05) is 11.6 Å². The van der Waals surface area contributed by atoms with Gasteiger partial charge >= 0.3 is 5.97 Å². The van der Waals surface area contributed by atoms with Gasteiger partial charge in [-0.15, -0.1) is 0 Å². The summed E-state index contributed by atoms with van der Waals surface area (Å²) in [5.41, 5.74) is 3.39. The molecule has 0 saturated heterocycles. The smallest absolute Gasteiger partial charge is 0.311 e. The van der Waals surface area contributed by atoms with Crippen molar-refractivity contribution in [1.82, 2.24) is 5.32 Å². The minimum atomic E-state index is -1.03. The van der Waals surface area contributed by atoms with Crippen molar-refractivity contribution < 1.29 is 19.1 Å². The van der Waals surface area contributed by atoms with E-state index in [1.165, 1.54) is 11.8 Å². The largest absolute Gasteiger partial charge is 0.481 e. The first-order valence-electron chi connectivity index (χ1n) is 8.46. The second kappa shape index (κ2) is 8.01. The van der Waals surface area contributed by atoms with E-state index in [1.54, 1.807) is 6.92 Å². The summed E-state index contributed by atoms with van der Waals surface area (Å²) in [5.74, 6) is -0.644. The molecule has 5 nitrogen and oxygen atoms in total. The van der Waals surface area contributed by atoms with Gasteiger partial charge in [0.2, 0.25) is 0 Å². The zero-order chi connectivity index (χ0) is 18.6. The number of amides is 1. The Labute approximate surface area is 148 Å². The molecule has 1 aromatic carbocycles. The van der Waals surface area contributed by atoms with E-state index in [1.807, 2.05) is 6.92 Å². The van der Waals surface area contributed by atoms with Crippen molar-refractivity contribution in [3.63, 3.8) is 0 Å². The maximum Gasteiger partial charge on any atom is 0.311 e. The highest BCUT2D eigenvalue weighted by Crippen LogP contribution is 2.18. The van der Waals surface area contributed by atoms with E-state index in [-0.39, 0.29) is 24.1 Å². The second-order valence-electron chi connectivity index (χ2n) is 6.76. The standard InChI is InChI=1S/C20H25NO4/c1-12(2)16-7-5-15(6-8-16)9-14(4)21-20(24)19-13(3)11-25-17(19)10-18(22)23/h5-8,11-12,14H,9-10H2,1-4H3,(H,21,24)(H,22,23). The fourth-order valence-electron chi connectivity index (χ4n) is 2.81. The van der Waals surface area contributed by atoms with Crippen LogP contribution in [0.15, 0.2) is 34.9 Å². The molecule has 0 fully saturated rings. The molecule has 0 radical (unpaired) electrons. The number of nitrogens with one attached hydrogen (secondary N) is 1. The van der Waals surface area contributed by atoms with E-state index in [2.05, 4.69) is 43.4 Å². The van der Waals surface area contributed by atoms with Crippen molar-refractivity contribution in [2.24, 2.45) is 0 Å². The van der Waals surface area contributed by atoms with Crippen LogP contribution in [0.2, 0.25) is 0 Å². The number of benzene rings is 1. The Kier molecular flexibility index (Phi) is 6.02. The number of hydrogen-bond donors (Lipinski definition) is 2. The Morgan fingerprint density at radius 2 is 1.80 bits per heavy atom. The average Bonchev–Trinajstić information content (AvgIpc) is 2.87. The maximum absolute atomic E-state index is 12.5. The molecule has 1 amide bonds. The monoisotopic (exact) mass is 343 g/mol. The van der Waals surface area contributed by atoms with Crippen LogP contribution in [0.4, 0.5) is 0 Å². The van der Waals surface area contributed by atoms with Gasteiger partial charge in [-0.2, -0.15) is 0 Å². The van der Waals surface area contributed by atoms with Gasteiger partial charge < -0.3 is 14.8 Å². The molecule has 0 spiro atoms. The molecule has 2 aromatic rings. The van der Waals surface area contributed by atoms with Crippen LogP contribution in [0.3, 0.4) is 0 Å². The van der Waals surface area contributed by atoms with E-state index in [0.29, 0.717) is 23.5 Å². The number of furan rings is 1. The van der Waals surface area contributed by atoms with E-state index >= 15 is 0 Å². The first-order chi connectivity index (χ1) is 11.8. The van der Waals surface area contributed by atoms with Gasteiger partial charge in [0.25, 0.3) is 5.91 Å². The number of hydrogen-bond acceptors (Lipinski definition) is 3. The van der Waals surface area contributed by atoms with Gasteiger partial charge in [0.05, 0.1) is 11.8 Å². The first-order valence-corrected chi connectivity index (χ1v) is 8.46. The Bertz CT molecular complexity index is 744. The van der Waals surface area contributed by atoms with Gasteiger partial charge in [-0.05, 0) is 37.3 Å². The van der Waals surface area contributed by atoms with Crippen molar-refractivity contribution in [2.75, 3.05) is 0 Å². The molecule has 0 aliphatic heterocycles. The van der Waals surface area contributed by atoms with Crippen molar-refractivity contribution in [2.45, 2.75) is 52.5 Å². The van der Waals surface area contributed by atoms with Gasteiger partial charge in [0.15, 0.2) is 0 Å². The summed E-state index contributed by atoms with van der Waals surface area (Å²) < 4.78 is 5.22. The number of carbonyl (C=O) groups is 2. The number of aryl methyl sites for hydroxylation is 1. The molecule has 1 atom stereocenters. The van der Waals surface area contributed by atoms with Gasteiger partial charge in [-0.25, -0.2) is 0 Å². The molecule has 2 rings (SSSR count). The fourth-order valence-corrected chi connectivity index (χ4v) is 2.81. The molecule has 0 bridgehead atoms. The lowest BCUT2D eigenvalue weighted by molar-refractivity contribution is -0.136. The molecule has 0 aliphatic rings. The van der Waals surface area contributed by atoms with Crippen LogP contribution in [0.1, 0.15) is 59.5 Å². The molecule has 0 aliphatic carbocycles. The summed E-state index contributed by atoms with van der Waals surface area (Å²) in [6.07, 6.45) is 1.82. The Balaban J connectivity index is 2.03. The number of carboxylic acids is 1. The summed E-state index contributed by atoms with van der Waals surface area (Å²) in [6.45, 7) is 7.97. The second-order valence-corrected chi connectivity index (χ2v) is 6.76. The third kappa shape index (κ3) is 4.95. The first kappa shape index (κ1) is 18.8. The molecule has 2 N–H and O–H groups in total. The normalized spacial score (nSPS) is 12.2. The number of carboxylic acid groups (broad SMARTS) is 1. The number of rotatable bonds is 7. The van der Waals surface area contributed by atoms with Crippen LogP contribution in [0.5, 0.6) is 0 Å². The molecular formula is C20H25NO4. The lowest BCUT2D eigenvalue weighted by atomic mass is 9.99. The third-order valence-electron chi connectivity index (χ3n) is 4.16. The summed E-state index contributed by atoms with van der Waals surface area (Å²) in [4.78, 5) is 23.4. The quantitative estimate of drug-likeness (QED) is 0.803. The number of carbonyl (C=O) groups excluding carboxylic acids is 1. The highest BCUT2D eigenvalue weighted by molar-refractivity contribution is 5.97. The van der Waals surface area contributed by atoms with Gasteiger partial charge in [0.1, 0.15) is 12.2 Å². The van der Waals surface area contributed by atoms with E-state index in [4.69, 9.17) is 9.52 Å². The molecule has 1 unspecified atom stereocenters. The van der Waals surface area contributed by atoms with Crippen molar-refractivity contribution in [3.8, 4) is 0 Å². The van der Waals surface area contributed by atoms with E-state index in [9.17, 15) is 9.59 Å². The van der Waals surface area contributed by atoms with Crippen LogP contribution >= 0.6 is 0 Å². The summed E-state index contributed by atoms with van der Waals surface area (Å²) in [6, 6.07) is 8.30. The molecule has 1 aromatic heterocycles. The lowest BCUT2D eigenvalue weighted by Crippen LogP contribution is -2.34. The summed E-state index contributed by atoms with van der Waals surface area (Å²) in [5, 5.41) is 11.9. The zero-order valence-electron chi connectivity index (χ0n) is 15.1. The van der Waals surface area contributed by atoms with Crippen molar-refractivity contribution >= 4 is 11.9 Å². The van der Waals surface area contributed by atoms with E-state index in [0.717, 1.165) is 5.56 Å². The van der Waals surface area contributed by atoms with Crippen LogP contribution in [0, 0.1) is 6.92 Å². The predicted molar refractivity (Wildman–Crippen MR) is 95.9 cm³/mol. The predicted octanol–water partition coefficient (Wildman–Crippen LogP) is 3.70.